The second-order valence-corrected chi connectivity index (χ2v) is 3.00. The first-order valence-electron chi connectivity index (χ1n) is 4.54. The van der Waals surface area contributed by atoms with Gasteiger partial charge in [-0.2, -0.15) is 0 Å². The lowest BCUT2D eigenvalue weighted by Crippen LogP contribution is -1.75. The first kappa shape index (κ1) is 8.75. The molecule has 14 heavy (non-hydrogen) atoms. The predicted octanol–water partition coefficient (Wildman–Crippen LogP) is 3.37. The van der Waals surface area contributed by atoms with Crippen LogP contribution in [0.25, 0.3) is 17.4 Å². The van der Waals surface area contributed by atoms with Gasteiger partial charge in [-0.15, -0.1) is 0 Å². The number of rotatable bonds is 2. The van der Waals surface area contributed by atoms with E-state index in [4.69, 9.17) is 4.52 Å². The average molecular weight is 185 g/mol. The summed E-state index contributed by atoms with van der Waals surface area (Å²) < 4.78 is 5.05. The van der Waals surface area contributed by atoms with Crippen molar-refractivity contribution in [1.29, 1.82) is 0 Å². The third-order valence-electron chi connectivity index (χ3n) is 1.99. The second kappa shape index (κ2) is 3.92. The van der Waals surface area contributed by atoms with Gasteiger partial charge in [-0.1, -0.05) is 41.6 Å². The van der Waals surface area contributed by atoms with Crippen molar-refractivity contribution in [2.45, 2.75) is 6.92 Å². The highest BCUT2D eigenvalue weighted by molar-refractivity contribution is 5.60. The first-order chi connectivity index (χ1) is 6.90. The maximum Gasteiger partial charge on any atom is 0.166 e. The van der Waals surface area contributed by atoms with Gasteiger partial charge in [0.1, 0.15) is 0 Å². The molecule has 1 aromatic carbocycles. The highest BCUT2D eigenvalue weighted by Crippen LogP contribution is 2.19. The van der Waals surface area contributed by atoms with E-state index in [2.05, 4.69) is 23.4 Å². The molecule has 0 aliphatic rings. The lowest BCUT2D eigenvalue weighted by Gasteiger charge is -1.96. The number of benzene rings is 1. The Bertz CT molecular complexity index is 412. The molecule has 0 unspecified atom stereocenters. The lowest BCUT2D eigenvalue weighted by molar-refractivity contribution is 0.432. The number of aromatic nitrogens is 1. The molecule has 2 aromatic rings. The summed E-state index contributed by atoms with van der Waals surface area (Å²) >= 11 is 0. The molecule has 0 aliphatic carbocycles. The van der Waals surface area contributed by atoms with Crippen LogP contribution < -0.4 is 0 Å². The van der Waals surface area contributed by atoms with Gasteiger partial charge in [-0.25, -0.2) is 0 Å². The lowest BCUT2D eigenvalue weighted by atomic mass is 10.1. The second-order valence-electron chi connectivity index (χ2n) is 3.00. The van der Waals surface area contributed by atoms with Gasteiger partial charge in [0.2, 0.25) is 0 Å². The minimum Gasteiger partial charge on any atom is -0.356 e. The van der Waals surface area contributed by atoms with Gasteiger partial charge in [0, 0.05) is 11.6 Å². The Kier molecular flexibility index (Phi) is 2.45. The van der Waals surface area contributed by atoms with Crippen LogP contribution in [0.15, 0.2) is 47.1 Å². The first-order valence-corrected chi connectivity index (χ1v) is 4.54. The smallest absolute Gasteiger partial charge is 0.166 e. The van der Waals surface area contributed by atoms with Crippen molar-refractivity contribution in [2.75, 3.05) is 0 Å². The molecule has 70 valence electrons. The number of hydrogen-bond acceptors (Lipinski definition) is 2. The van der Waals surface area contributed by atoms with Crippen LogP contribution in [0.1, 0.15) is 12.5 Å². The molecule has 2 heteroatoms. The van der Waals surface area contributed by atoms with Crippen LogP contribution in [-0.2, 0) is 0 Å². The third kappa shape index (κ3) is 1.74. The summed E-state index contributed by atoms with van der Waals surface area (Å²) in [6.07, 6.45) is 5.73. The van der Waals surface area contributed by atoms with Crippen LogP contribution in [-0.4, -0.2) is 5.16 Å². The fraction of sp³-hybridized carbons (Fsp3) is 0.0833. The van der Waals surface area contributed by atoms with Gasteiger partial charge >= 0.3 is 0 Å². The summed E-state index contributed by atoms with van der Waals surface area (Å²) in [5.41, 5.74) is 2.24. The average Bonchev–Trinajstić information content (AvgIpc) is 2.72. The molecule has 2 rings (SSSR count). The number of hydrogen-bond donors (Lipinski definition) is 0. The Hall–Kier alpha value is -1.83. The highest BCUT2D eigenvalue weighted by atomic mass is 16.5. The van der Waals surface area contributed by atoms with Crippen molar-refractivity contribution in [1.82, 2.24) is 5.16 Å². The summed E-state index contributed by atoms with van der Waals surface area (Å²) in [6.45, 7) is 2.00. The topological polar surface area (TPSA) is 26.0 Å². The zero-order valence-electron chi connectivity index (χ0n) is 7.97. The summed E-state index contributed by atoms with van der Waals surface area (Å²) in [4.78, 5) is 0. The summed E-state index contributed by atoms with van der Waals surface area (Å²) in [6, 6.07) is 10.0. The van der Waals surface area contributed by atoms with Crippen LogP contribution in [0.4, 0.5) is 0 Å². The van der Waals surface area contributed by atoms with E-state index < -0.39 is 0 Å². The minimum atomic E-state index is 0.803. The molecule has 0 radical (unpaired) electrons. The van der Waals surface area contributed by atoms with Gasteiger partial charge in [0.15, 0.2) is 5.76 Å². The summed E-state index contributed by atoms with van der Waals surface area (Å²) in [5, 5.41) is 3.67. The monoisotopic (exact) mass is 185 g/mol. The van der Waals surface area contributed by atoms with E-state index in [9.17, 15) is 0 Å². The molecule has 0 fully saturated rings. The van der Waals surface area contributed by atoms with Crippen LogP contribution >= 0.6 is 0 Å². The SMILES string of the molecule is C/C=C/c1ccc(-c2ccno2)cc1. The fourth-order valence-corrected chi connectivity index (χ4v) is 1.32. The molecule has 0 aliphatic heterocycles. The molecule has 1 heterocycles. The Morgan fingerprint density at radius 3 is 2.50 bits per heavy atom. The zero-order chi connectivity index (χ0) is 9.80. The molecule has 1 aromatic heterocycles. The Morgan fingerprint density at radius 1 is 1.14 bits per heavy atom. The standard InChI is InChI=1S/C12H11NO/c1-2-3-10-4-6-11(7-5-10)12-8-9-13-14-12/h2-9H,1H3/b3-2+. The van der Waals surface area contributed by atoms with Crippen LogP contribution in [0.2, 0.25) is 0 Å². The van der Waals surface area contributed by atoms with E-state index in [0.717, 1.165) is 11.3 Å². The normalized spacial score (nSPS) is 10.9. The van der Waals surface area contributed by atoms with Gasteiger partial charge in [-0.3, -0.25) is 0 Å². The summed E-state index contributed by atoms with van der Waals surface area (Å²) in [7, 11) is 0. The van der Waals surface area contributed by atoms with E-state index in [1.807, 2.05) is 31.2 Å². The van der Waals surface area contributed by atoms with E-state index in [-0.39, 0.29) is 0 Å². The van der Waals surface area contributed by atoms with Crippen LogP contribution in [0.3, 0.4) is 0 Å². The van der Waals surface area contributed by atoms with E-state index in [1.54, 1.807) is 6.20 Å². The molecular formula is C12H11NO. The molecule has 0 atom stereocenters. The van der Waals surface area contributed by atoms with Crippen molar-refractivity contribution < 1.29 is 4.52 Å². The van der Waals surface area contributed by atoms with Crippen LogP contribution in [0.5, 0.6) is 0 Å². The molecule has 0 bridgehead atoms. The third-order valence-corrected chi connectivity index (χ3v) is 1.99. The zero-order valence-corrected chi connectivity index (χ0v) is 7.97. The molecule has 0 spiro atoms. The van der Waals surface area contributed by atoms with Crippen molar-refractivity contribution in [3.05, 3.63) is 48.2 Å². The summed E-state index contributed by atoms with van der Waals surface area (Å²) in [5.74, 6) is 0.803. The minimum absolute atomic E-state index is 0.803. The molecule has 0 N–H and O–H groups in total. The fourth-order valence-electron chi connectivity index (χ4n) is 1.32. The van der Waals surface area contributed by atoms with Crippen molar-refractivity contribution in [3.8, 4) is 11.3 Å². The maximum absolute atomic E-state index is 5.05. The molecule has 0 saturated heterocycles. The van der Waals surface area contributed by atoms with Gasteiger partial charge in [0.05, 0.1) is 6.20 Å². The largest absolute Gasteiger partial charge is 0.356 e. The Morgan fingerprint density at radius 2 is 1.93 bits per heavy atom. The quantitative estimate of drug-likeness (QED) is 0.716. The predicted molar refractivity (Wildman–Crippen MR) is 56.6 cm³/mol. The molecule has 2 nitrogen and oxygen atoms in total. The number of nitrogens with zero attached hydrogens (tertiary/aromatic N) is 1. The van der Waals surface area contributed by atoms with Crippen molar-refractivity contribution in [3.63, 3.8) is 0 Å². The Balaban J connectivity index is 2.31. The van der Waals surface area contributed by atoms with E-state index >= 15 is 0 Å². The van der Waals surface area contributed by atoms with E-state index in [0.29, 0.717) is 0 Å². The molecule has 0 saturated carbocycles. The molecular weight excluding hydrogens is 174 g/mol. The maximum atomic E-state index is 5.05. The van der Waals surface area contributed by atoms with Crippen molar-refractivity contribution >= 4 is 6.08 Å². The highest BCUT2D eigenvalue weighted by Gasteiger charge is 1.99. The molecule has 0 amide bonds. The van der Waals surface area contributed by atoms with Gasteiger partial charge in [0.25, 0.3) is 0 Å². The van der Waals surface area contributed by atoms with Crippen LogP contribution in [0, 0.1) is 0 Å². The van der Waals surface area contributed by atoms with Gasteiger partial charge in [-0.05, 0) is 12.5 Å². The number of allylic oxidation sites excluding steroid dienone is 1. The van der Waals surface area contributed by atoms with E-state index in [1.165, 1.54) is 5.56 Å². The van der Waals surface area contributed by atoms with Crippen molar-refractivity contribution in [2.24, 2.45) is 0 Å². The Labute approximate surface area is 82.9 Å². The van der Waals surface area contributed by atoms with Gasteiger partial charge < -0.3 is 4.52 Å².